The molecule has 1 N–H and O–H groups in total. The molecule has 0 aromatic heterocycles. The average Bonchev–Trinajstić information content (AvgIpc) is 2.72. The van der Waals surface area contributed by atoms with Gasteiger partial charge in [0.1, 0.15) is 0 Å². The summed E-state index contributed by atoms with van der Waals surface area (Å²) in [6.07, 6.45) is 1.39. The predicted octanol–water partition coefficient (Wildman–Crippen LogP) is 4.05. The minimum absolute atomic E-state index is 0.0369. The van der Waals surface area contributed by atoms with Crippen LogP contribution >= 0.6 is 0 Å². The molecule has 1 aliphatic heterocycles. The molecule has 3 rings (SSSR count). The van der Waals surface area contributed by atoms with Crippen molar-refractivity contribution >= 4 is 17.6 Å². The van der Waals surface area contributed by atoms with Crippen LogP contribution in [0.3, 0.4) is 0 Å². The monoisotopic (exact) mass is 379 g/mol. The Kier molecular flexibility index (Phi) is 6.69. The average molecular weight is 380 g/mol. The van der Waals surface area contributed by atoms with E-state index < -0.39 is 0 Å². The largest absolute Gasteiger partial charge is 0.336 e. The zero-order valence-electron chi connectivity index (χ0n) is 16.7. The molecule has 1 aliphatic rings. The third-order valence-corrected chi connectivity index (χ3v) is 5.06. The van der Waals surface area contributed by atoms with Crippen LogP contribution in [0.2, 0.25) is 0 Å². The zero-order chi connectivity index (χ0) is 19.9. The van der Waals surface area contributed by atoms with Crippen molar-refractivity contribution in [2.75, 3.05) is 18.0 Å². The quantitative estimate of drug-likeness (QED) is 0.852. The van der Waals surface area contributed by atoms with Crippen molar-refractivity contribution in [1.82, 2.24) is 10.2 Å². The van der Waals surface area contributed by atoms with Crippen molar-refractivity contribution in [1.29, 1.82) is 0 Å². The van der Waals surface area contributed by atoms with Crippen LogP contribution in [0, 0.1) is 5.92 Å². The molecule has 0 bridgehead atoms. The molecule has 2 aromatic carbocycles. The van der Waals surface area contributed by atoms with Crippen LogP contribution < -0.4 is 10.2 Å². The number of para-hydroxylation sites is 1. The molecule has 1 heterocycles. The number of nitrogens with zero attached hydrogens (tertiary/aromatic N) is 2. The second-order valence-electron chi connectivity index (χ2n) is 7.61. The first-order chi connectivity index (χ1) is 13.5. The first kappa shape index (κ1) is 19.9. The fraction of sp³-hybridized carbons (Fsp3) is 0.391. The lowest BCUT2D eigenvalue weighted by Crippen LogP contribution is -2.48. The van der Waals surface area contributed by atoms with Crippen molar-refractivity contribution in [3.63, 3.8) is 0 Å². The van der Waals surface area contributed by atoms with Crippen LogP contribution in [0.25, 0.3) is 0 Å². The number of likely N-dealkylation sites (tertiary alicyclic amines) is 1. The van der Waals surface area contributed by atoms with E-state index in [4.69, 9.17) is 0 Å². The molecule has 0 spiro atoms. The zero-order valence-corrected chi connectivity index (χ0v) is 16.7. The summed E-state index contributed by atoms with van der Waals surface area (Å²) in [6.45, 7) is 5.69. The molecule has 28 heavy (non-hydrogen) atoms. The molecule has 5 nitrogen and oxygen atoms in total. The third-order valence-electron chi connectivity index (χ3n) is 5.06. The molecule has 0 aliphatic carbocycles. The minimum Gasteiger partial charge on any atom is -0.336 e. The van der Waals surface area contributed by atoms with Crippen molar-refractivity contribution in [3.8, 4) is 0 Å². The summed E-state index contributed by atoms with van der Waals surface area (Å²) < 4.78 is 0. The Morgan fingerprint density at radius 2 is 1.57 bits per heavy atom. The number of carbonyl (C=O) groups excluding carboxylic acids is 2. The smallest absolute Gasteiger partial charge is 0.317 e. The molecule has 3 amide bonds. The van der Waals surface area contributed by atoms with E-state index in [2.05, 4.69) is 5.32 Å². The van der Waals surface area contributed by atoms with Gasteiger partial charge >= 0.3 is 6.03 Å². The van der Waals surface area contributed by atoms with Crippen LogP contribution in [0.1, 0.15) is 32.3 Å². The molecule has 0 saturated carbocycles. The van der Waals surface area contributed by atoms with E-state index in [1.165, 1.54) is 0 Å². The molecule has 0 radical (unpaired) electrons. The molecule has 0 atom stereocenters. The van der Waals surface area contributed by atoms with Gasteiger partial charge in [-0.2, -0.15) is 0 Å². The highest BCUT2D eigenvalue weighted by molar-refractivity contribution is 5.95. The molecular weight excluding hydrogens is 350 g/mol. The van der Waals surface area contributed by atoms with E-state index in [1.54, 1.807) is 0 Å². The minimum atomic E-state index is -0.0629. The maximum absolute atomic E-state index is 13.4. The first-order valence-corrected chi connectivity index (χ1v) is 10.0. The van der Waals surface area contributed by atoms with E-state index >= 15 is 0 Å². The first-order valence-electron chi connectivity index (χ1n) is 10.0. The fourth-order valence-corrected chi connectivity index (χ4v) is 3.56. The van der Waals surface area contributed by atoms with Crippen LogP contribution in [0.15, 0.2) is 60.7 Å². The normalized spacial score (nSPS) is 14.8. The summed E-state index contributed by atoms with van der Waals surface area (Å²) in [4.78, 5) is 29.3. The van der Waals surface area contributed by atoms with Gasteiger partial charge in [-0.25, -0.2) is 4.79 Å². The number of nitrogens with one attached hydrogen (secondary N) is 1. The number of benzene rings is 2. The number of anilines is 1. The Morgan fingerprint density at radius 1 is 1.00 bits per heavy atom. The van der Waals surface area contributed by atoms with Crippen LogP contribution in [-0.2, 0) is 11.3 Å². The standard InChI is InChI=1S/C23H29N3O2/c1-18(2)24-23(28)25-15-13-20(14-16-25)22(27)26(21-11-7-4-8-12-21)17-19-9-5-3-6-10-19/h3-12,18,20H,13-17H2,1-2H3,(H,24,28). The van der Waals surface area contributed by atoms with Crippen LogP contribution in [-0.4, -0.2) is 36.0 Å². The summed E-state index contributed by atoms with van der Waals surface area (Å²) in [5.41, 5.74) is 2.02. The van der Waals surface area contributed by atoms with Gasteiger partial charge in [0.25, 0.3) is 0 Å². The maximum atomic E-state index is 13.4. The predicted molar refractivity (Wildman–Crippen MR) is 112 cm³/mol. The molecule has 0 unspecified atom stereocenters. The SMILES string of the molecule is CC(C)NC(=O)N1CCC(C(=O)N(Cc2ccccc2)c2ccccc2)CC1. The lowest BCUT2D eigenvalue weighted by atomic mass is 9.95. The molecule has 1 saturated heterocycles. The molecule has 2 aromatic rings. The van der Waals surface area contributed by atoms with E-state index in [-0.39, 0.29) is 23.9 Å². The van der Waals surface area contributed by atoms with Gasteiger partial charge < -0.3 is 15.1 Å². The second kappa shape index (κ2) is 9.40. The number of carbonyl (C=O) groups is 2. The van der Waals surface area contributed by atoms with Gasteiger partial charge in [-0.05, 0) is 44.4 Å². The summed E-state index contributed by atoms with van der Waals surface area (Å²) in [7, 11) is 0. The van der Waals surface area contributed by atoms with E-state index in [0.29, 0.717) is 32.5 Å². The van der Waals surface area contributed by atoms with E-state index in [9.17, 15) is 9.59 Å². The highest BCUT2D eigenvalue weighted by Gasteiger charge is 2.31. The van der Waals surface area contributed by atoms with Gasteiger partial charge in [-0.1, -0.05) is 48.5 Å². The van der Waals surface area contributed by atoms with Gasteiger partial charge in [-0.3, -0.25) is 4.79 Å². The third kappa shape index (κ3) is 5.12. The van der Waals surface area contributed by atoms with E-state index in [0.717, 1.165) is 11.3 Å². The highest BCUT2D eigenvalue weighted by atomic mass is 16.2. The van der Waals surface area contributed by atoms with Gasteiger partial charge in [-0.15, -0.1) is 0 Å². The Hall–Kier alpha value is -2.82. The highest BCUT2D eigenvalue weighted by Crippen LogP contribution is 2.25. The Labute approximate surface area is 167 Å². The topological polar surface area (TPSA) is 52.7 Å². The van der Waals surface area contributed by atoms with Crippen molar-refractivity contribution in [3.05, 3.63) is 66.2 Å². The summed E-state index contributed by atoms with van der Waals surface area (Å²) in [5.74, 6) is 0.0750. The number of rotatable bonds is 5. The number of urea groups is 1. The molecule has 148 valence electrons. The number of piperidine rings is 1. The molecule has 1 fully saturated rings. The van der Waals surface area contributed by atoms with Gasteiger partial charge in [0.2, 0.25) is 5.91 Å². The Bertz CT molecular complexity index is 769. The fourth-order valence-electron chi connectivity index (χ4n) is 3.56. The maximum Gasteiger partial charge on any atom is 0.317 e. The number of hydrogen-bond acceptors (Lipinski definition) is 2. The second-order valence-corrected chi connectivity index (χ2v) is 7.61. The van der Waals surface area contributed by atoms with Crippen LogP contribution in [0.5, 0.6) is 0 Å². The lowest BCUT2D eigenvalue weighted by Gasteiger charge is -2.34. The van der Waals surface area contributed by atoms with Crippen molar-refractivity contribution in [2.24, 2.45) is 5.92 Å². The van der Waals surface area contributed by atoms with Gasteiger partial charge in [0, 0.05) is 30.7 Å². The summed E-state index contributed by atoms with van der Waals surface area (Å²) >= 11 is 0. The van der Waals surface area contributed by atoms with Crippen LogP contribution in [0.4, 0.5) is 10.5 Å². The number of amides is 3. The van der Waals surface area contributed by atoms with Crippen molar-refractivity contribution in [2.45, 2.75) is 39.3 Å². The number of hydrogen-bond donors (Lipinski definition) is 1. The Balaban J connectivity index is 1.69. The Morgan fingerprint density at radius 3 is 2.14 bits per heavy atom. The summed E-state index contributed by atoms with van der Waals surface area (Å²) in [5, 5.41) is 2.93. The molecule has 5 heteroatoms. The van der Waals surface area contributed by atoms with Crippen molar-refractivity contribution < 1.29 is 9.59 Å². The molecular formula is C23H29N3O2. The lowest BCUT2D eigenvalue weighted by molar-refractivity contribution is -0.123. The summed E-state index contributed by atoms with van der Waals surface area (Å²) in [6, 6.07) is 20.0. The van der Waals surface area contributed by atoms with Gasteiger partial charge in [0.15, 0.2) is 0 Å². The van der Waals surface area contributed by atoms with Gasteiger partial charge in [0.05, 0.1) is 6.54 Å². The van der Waals surface area contributed by atoms with E-state index in [1.807, 2.05) is 84.3 Å².